The lowest BCUT2D eigenvalue weighted by molar-refractivity contribution is -0.132. The number of thioether (sulfide) groups is 1. The van der Waals surface area contributed by atoms with Crippen molar-refractivity contribution in [2.75, 3.05) is 10.7 Å². The molecule has 1 aromatic heterocycles. The number of hydrogen-bond donors (Lipinski definition) is 0. The van der Waals surface area contributed by atoms with Crippen LogP contribution in [-0.4, -0.2) is 32.8 Å². The van der Waals surface area contributed by atoms with Gasteiger partial charge in [0.1, 0.15) is 5.75 Å². The van der Waals surface area contributed by atoms with Crippen LogP contribution in [0.2, 0.25) is 0 Å². The Kier molecular flexibility index (Phi) is 7.97. The summed E-state index contributed by atoms with van der Waals surface area (Å²) in [6.45, 7) is 4.98. The zero-order valence-corrected chi connectivity index (χ0v) is 20.9. The lowest BCUT2D eigenvalue weighted by Gasteiger charge is -2.30. The summed E-state index contributed by atoms with van der Waals surface area (Å²) in [6.07, 6.45) is 3.68. The second kappa shape index (κ2) is 11.3. The number of hydrogen-bond acceptors (Lipinski definition) is 8. The van der Waals surface area contributed by atoms with Crippen molar-refractivity contribution in [2.24, 2.45) is 0 Å². The highest BCUT2D eigenvalue weighted by Gasteiger charge is 2.36. The number of ether oxygens (including phenoxy) is 2. The Balaban J connectivity index is 1.78. The van der Waals surface area contributed by atoms with Gasteiger partial charge < -0.3 is 9.47 Å². The molecule has 2 aromatic carbocycles. The van der Waals surface area contributed by atoms with Gasteiger partial charge in [0, 0.05) is 25.2 Å². The number of carbonyl (C=O) groups excluding carboxylic acids is 2. The molecular formula is C26H28N4O4S. The molecule has 182 valence electrons. The minimum Gasteiger partial charge on any atom is -0.447 e. The first-order valence-electron chi connectivity index (χ1n) is 11.7. The highest BCUT2D eigenvalue weighted by Crippen LogP contribution is 2.44. The Morgan fingerprint density at radius 2 is 1.80 bits per heavy atom. The third-order valence-corrected chi connectivity index (χ3v) is 6.44. The monoisotopic (exact) mass is 492 g/mol. The summed E-state index contributed by atoms with van der Waals surface area (Å²) in [6, 6.07) is 14.4. The van der Waals surface area contributed by atoms with E-state index in [1.165, 1.54) is 43.4 Å². The van der Waals surface area contributed by atoms with Gasteiger partial charge in [0.15, 0.2) is 5.69 Å². The maximum Gasteiger partial charge on any atom is 0.308 e. The second-order valence-corrected chi connectivity index (χ2v) is 9.23. The van der Waals surface area contributed by atoms with Crippen LogP contribution in [0, 0.1) is 0 Å². The molecule has 35 heavy (non-hydrogen) atoms. The summed E-state index contributed by atoms with van der Waals surface area (Å²) in [4.78, 5) is 30.9. The van der Waals surface area contributed by atoms with E-state index >= 15 is 0 Å². The average molecular weight is 493 g/mol. The highest BCUT2D eigenvalue weighted by molar-refractivity contribution is 7.99. The Morgan fingerprint density at radius 3 is 2.57 bits per heavy atom. The molecule has 0 saturated carbocycles. The highest BCUT2D eigenvalue weighted by atomic mass is 32.2. The largest absolute Gasteiger partial charge is 0.447 e. The quantitative estimate of drug-likeness (QED) is 0.174. The Bertz CT molecular complexity index is 1220. The lowest BCUT2D eigenvalue weighted by atomic mass is 10.1. The normalized spacial score (nSPS) is 14.4. The van der Waals surface area contributed by atoms with Gasteiger partial charge in [-0.05, 0) is 24.6 Å². The van der Waals surface area contributed by atoms with Crippen molar-refractivity contribution in [1.29, 1.82) is 0 Å². The minimum atomic E-state index is -0.926. The van der Waals surface area contributed by atoms with Crippen molar-refractivity contribution in [3.63, 3.8) is 0 Å². The van der Waals surface area contributed by atoms with Crippen molar-refractivity contribution in [3.05, 3.63) is 54.1 Å². The molecule has 1 atom stereocenters. The number of para-hydroxylation sites is 2. The summed E-state index contributed by atoms with van der Waals surface area (Å²) in [5.41, 5.74) is 2.27. The summed E-state index contributed by atoms with van der Waals surface area (Å²) in [5, 5.41) is 9.29. The third-order valence-electron chi connectivity index (χ3n) is 5.52. The lowest BCUT2D eigenvalue weighted by Crippen LogP contribution is -2.36. The van der Waals surface area contributed by atoms with E-state index in [0.29, 0.717) is 33.4 Å². The second-order valence-electron chi connectivity index (χ2n) is 8.17. The van der Waals surface area contributed by atoms with Gasteiger partial charge in [0.2, 0.25) is 23.2 Å². The van der Waals surface area contributed by atoms with Gasteiger partial charge in [0.25, 0.3) is 0 Å². The van der Waals surface area contributed by atoms with E-state index in [1.807, 2.05) is 24.3 Å². The first-order valence-corrected chi connectivity index (χ1v) is 12.7. The van der Waals surface area contributed by atoms with Crippen LogP contribution in [0.25, 0.3) is 11.3 Å². The molecule has 0 fully saturated rings. The third kappa shape index (κ3) is 5.62. The van der Waals surface area contributed by atoms with Crippen LogP contribution in [0.4, 0.5) is 5.69 Å². The fourth-order valence-electron chi connectivity index (χ4n) is 3.94. The fourth-order valence-corrected chi connectivity index (χ4v) is 4.72. The van der Waals surface area contributed by atoms with Crippen LogP contribution in [-0.2, 0) is 9.59 Å². The number of carbonyl (C=O) groups is 2. The van der Waals surface area contributed by atoms with E-state index in [9.17, 15) is 9.59 Å². The summed E-state index contributed by atoms with van der Waals surface area (Å²) >= 11 is 1.53. The van der Waals surface area contributed by atoms with E-state index < -0.39 is 12.2 Å². The zero-order chi connectivity index (χ0) is 24.8. The number of rotatable bonds is 8. The van der Waals surface area contributed by atoms with Gasteiger partial charge >= 0.3 is 5.97 Å². The maximum absolute atomic E-state index is 13.0. The van der Waals surface area contributed by atoms with E-state index in [2.05, 4.69) is 22.1 Å². The number of anilines is 1. The number of unbranched alkanes of at least 4 members (excludes halogenated alkanes) is 3. The van der Waals surface area contributed by atoms with Crippen LogP contribution in [0.3, 0.4) is 0 Å². The molecule has 4 rings (SSSR count). The number of amides is 1. The van der Waals surface area contributed by atoms with Gasteiger partial charge in [-0.15, -0.1) is 10.2 Å². The molecule has 0 unspecified atom stereocenters. The van der Waals surface area contributed by atoms with E-state index in [4.69, 9.17) is 9.47 Å². The van der Waals surface area contributed by atoms with Crippen molar-refractivity contribution in [2.45, 2.75) is 57.8 Å². The van der Waals surface area contributed by atoms with Crippen LogP contribution in [0.5, 0.6) is 11.6 Å². The van der Waals surface area contributed by atoms with Gasteiger partial charge in [-0.25, -0.2) is 0 Å². The van der Waals surface area contributed by atoms with Crippen molar-refractivity contribution in [1.82, 2.24) is 15.2 Å². The standard InChI is InChI=1S/C26H28N4O4S/c1-4-5-6-11-16-35-26-27-24-23(28-29-26)19-12-7-9-14-21(19)30(17(2)31)25(34-24)20-13-8-10-15-22(20)33-18(3)32/h7-10,12-15,25H,4-6,11,16H2,1-3H3/t25-/m0/s1. The molecule has 3 aromatic rings. The average Bonchev–Trinajstić information content (AvgIpc) is 2.98. The molecule has 0 spiro atoms. The minimum absolute atomic E-state index is 0.244. The molecule has 0 aliphatic carbocycles. The molecule has 9 heteroatoms. The van der Waals surface area contributed by atoms with Gasteiger partial charge in [-0.2, -0.15) is 4.98 Å². The number of esters is 1. The Morgan fingerprint density at radius 1 is 1.03 bits per heavy atom. The Labute approximate surface area is 209 Å². The summed E-state index contributed by atoms with van der Waals surface area (Å²) < 4.78 is 11.8. The van der Waals surface area contributed by atoms with Crippen LogP contribution < -0.4 is 14.4 Å². The van der Waals surface area contributed by atoms with Crippen molar-refractivity contribution >= 4 is 29.3 Å². The van der Waals surface area contributed by atoms with E-state index in [1.54, 1.807) is 24.3 Å². The molecular weight excluding hydrogens is 464 g/mol. The molecule has 0 radical (unpaired) electrons. The number of aromatic nitrogens is 3. The molecule has 0 bridgehead atoms. The van der Waals surface area contributed by atoms with E-state index in [-0.39, 0.29) is 11.8 Å². The van der Waals surface area contributed by atoms with Crippen LogP contribution in [0.1, 0.15) is 58.2 Å². The smallest absolute Gasteiger partial charge is 0.308 e. The van der Waals surface area contributed by atoms with Gasteiger partial charge in [-0.3, -0.25) is 14.5 Å². The first kappa shape index (κ1) is 24.7. The number of nitrogens with zero attached hydrogens (tertiary/aromatic N) is 4. The first-order chi connectivity index (χ1) is 17.0. The fraction of sp³-hybridized carbons (Fsp3) is 0.346. The molecule has 8 nitrogen and oxygen atoms in total. The molecule has 1 amide bonds. The topological polar surface area (TPSA) is 94.5 Å². The van der Waals surface area contributed by atoms with Crippen molar-refractivity contribution < 1.29 is 19.1 Å². The molecule has 0 N–H and O–H groups in total. The molecule has 1 aliphatic rings. The summed E-state index contributed by atoms with van der Waals surface area (Å²) in [7, 11) is 0. The predicted octanol–water partition coefficient (Wildman–Crippen LogP) is 5.58. The Hall–Kier alpha value is -3.46. The van der Waals surface area contributed by atoms with Crippen molar-refractivity contribution in [3.8, 4) is 22.9 Å². The maximum atomic E-state index is 13.0. The van der Waals surface area contributed by atoms with Gasteiger partial charge in [-0.1, -0.05) is 68.3 Å². The number of benzene rings is 2. The summed E-state index contributed by atoms with van der Waals surface area (Å²) in [5.74, 6) is 0.757. The zero-order valence-electron chi connectivity index (χ0n) is 20.1. The predicted molar refractivity (Wildman–Crippen MR) is 134 cm³/mol. The number of fused-ring (bicyclic) bond motifs is 3. The van der Waals surface area contributed by atoms with Gasteiger partial charge in [0.05, 0.1) is 11.3 Å². The molecule has 0 saturated heterocycles. The van der Waals surface area contributed by atoms with Crippen LogP contribution >= 0.6 is 11.8 Å². The van der Waals surface area contributed by atoms with Crippen LogP contribution in [0.15, 0.2) is 53.7 Å². The molecule has 1 aliphatic heterocycles. The SMILES string of the molecule is CCCCCCSc1nnc2c(n1)O[C@@H](c1ccccc1OC(C)=O)N(C(C)=O)c1ccccc1-2. The van der Waals surface area contributed by atoms with E-state index in [0.717, 1.165) is 18.6 Å². The molecule has 2 heterocycles.